The molecule has 0 aromatic carbocycles. The molecule has 0 aliphatic heterocycles. The second kappa shape index (κ2) is 2.61. The van der Waals surface area contributed by atoms with Gasteiger partial charge in [-0.2, -0.15) is 0 Å². The van der Waals surface area contributed by atoms with Crippen molar-refractivity contribution in [1.29, 1.82) is 0 Å². The minimum Gasteiger partial charge on any atom is -0.375 e. The van der Waals surface area contributed by atoms with Crippen molar-refractivity contribution >= 4 is 22.4 Å². The minimum atomic E-state index is -1.12. The Hall–Kier alpha value is -1.17. The number of carbonyl (C=O) groups excluding carboxylic acids is 1. The lowest BCUT2D eigenvalue weighted by Crippen LogP contribution is -1.98. The lowest BCUT2D eigenvalue weighted by molar-refractivity contribution is -0.0792. The molecule has 1 heterocycles. The number of nitrogen functional groups attached to an aromatic ring is 1. The van der Waals surface area contributed by atoms with Gasteiger partial charge in [0, 0.05) is 9.91 Å². The number of halogens is 1. The summed E-state index contributed by atoms with van der Waals surface area (Å²) in [4.78, 5) is 16.7. The van der Waals surface area contributed by atoms with E-state index in [9.17, 15) is 9.32 Å². The van der Waals surface area contributed by atoms with Gasteiger partial charge < -0.3 is 5.73 Å². The fourth-order valence-electron chi connectivity index (χ4n) is 0.421. The van der Waals surface area contributed by atoms with Crippen LogP contribution in [0.15, 0.2) is 5.38 Å². The molecule has 0 amide bonds. The number of carbonyl (C=O) groups is 1. The van der Waals surface area contributed by atoms with E-state index in [1.165, 1.54) is 5.38 Å². The number of hydrogen-bond acceptors (Lipinski definition) is 5. The molecule has 4 nitrogen and oxygen atoms in total. The molecule has 0 atom stereocenters. The van der Waals surface area contributed by atoms with Crippen LogP contribution in [0.25, 0.3) is 0 Å². The molecule has 0 unspecified atom stereocenters. The molecular weight excluding hydrogens is 159 g/mol. The van der Waals surface area contributed by atoms with Crippen LogP contribution in [0.2, 0.25) is 0 Å². The van der Waals surface area contributed by atoms with Crippen molar-refractivity contribution in [3.63, 3.8) is 0 Å². The highest BCUT2D eigenvalue weighted by Crippen LogP contribution is 2.11. The van der Waals surface area contributed by atoms with Crippen molar-refractivity contribution < 1.29 is 14.3 Å². The van der Waals surface area contributed by atoms with Crippen molar-refractivity contribution in [2.24, 2.45) is 0 Å². The molecule has 0 saturated heterocycles. The summed E-state index contributed by atoms with van der Waals surface area (Å²) < 4.78 is 11.2. The van der Waals surface area contributed by atoms with Gasteiger partial charge in [0.1, 0.15) is 0 Å². The molecule has 0 aliphatic rings. The zero-order valence-electron chi connectivity index (χ0n) is 4.70. The number of thiazole rings is 1. The van der Waals surface area contributed by atoms with Crippen LogP contribution in [0.3, 0.4) is 0 Å². The van der Waals surface area contributed by atoms with Gasteiger partial charge in [0.05, 0.1) is 0 Å². The molecule has 1 aromatic rings. The van der Waals surface area contributed by atoms with Gasteiger partial charge in [0.2, 0.25) is 0 Å². The SMILES string of the molecule is Nc1nc(C(=O)OF)cs1. The van der Waals surface area contributed by atoms with E-state index in [4.69, 9.17) is 5.73 Å². The number of anilines is 1. The average Bonchev–Trinajstić information content (AvgIpc) is 2.34. The van der Waals surface area contributed by atoms with E-state index < -0.39 is 5.97 Å². The molecular formula is C4H3FN2O2S. The summed E-state index contributed by atoms with van der Waals surface area (Å²) in [7, 11) is 0. The summed E-state index contributed by atoms with van der Waals surface area (Å²) in [5.41, 5.74) is 5.04. The van der Waals surface area contributed by atoms with E-state index in [0.29, 0.717) is 0 Å². The molecule has 0 bridgehead atoms. The third-order valence-electron chi connectivity index (χ3n) is 0.801. The van der Waals surface area contributed by atoms with E-state index in [0.717, 1.165) is 11.3 Å². The monoisotopic (exact) mass is 162 g/mol. The second-order valence-electron chi connectivity index (χ2n) is 1.44. The van der Waals surface area contributed by atoms with Gasteiger partial charge in [0.25, 0.3) is 0 Å². The zero-order valence-corrected chi connectivity index (χ0v) is 5.52. The summed E-state index contributed by atoms with van der Waals surface area (Å²) in [6.45, 7) is 0. The predicted octanol–water partition coefficient (Wildman–Crippen LogP) is 0.767. The Balaban J connectivity index is 2.85. The standard InChI is InChI=1S/C4H3FN2O2S/c5-9-3(8)2-1-10-4(6)7-2/h1H,(H2,6,7). The van der Waals surface area contributed by atoms with Crippen molar-refractivity contribution in [3.8, 4) is 0 Å². The quantitative estimate of drug-likeness (QED) is 0.662. The molecule has 2 N–H and O–H groups in total. The number of aromatic nitrogens is 1. The molecule has 54 valence electrons. The van der Waals surface area contributed by atoms with Gasteiger partial charge in [-0.3, -0.25) is 0 Å². The number of rotatable bonds is 1. The molecule has 0 radical (unpaired) electrons. The fourth-order valence-corrected chi connectivity index (χ4v) is 0.953. The highest BCUT2D eigenvalue weighted by molar-refractivity contribution is 7.13. The van der Waals surface area contributed by atoms with Gasteiger partial charge in [0.15, 0.2) is 10.8 Å². The van der Waals surface area contributed by atoms with Crippen molar-refractivity contribution in [2.75, 3.05) is 5.73 Å². The van der Waals surface area contributed by atoms with Crippen LogP contribution in [0.4, 0.5) is 9.66 Å². The highest BCUT2D eigenvalue weighted by atomic mass is 32.1. The summed E-state index contributed by atoms with van der Waals surface area (Å²) in [5.74, 6) is -1.12. The van der Waals surface area contributed by atoms with Crippen molar-refractivity contribution in [1.82, 2.24) is 4.98 Å². The number of nitrogens with two attached hydrogens (primary N) is 1. The van der Waals surface area contributed by atoms with Gasteiger partial charge in [-0.15, -0.1) is 11.3 Å². The Morgan fingerprint density at radius 3 is 3.00 bits per heavy atom. The molecule has 1 rings (SSSR count). The molecule has 6 heteroatoms. The van der Waals surface area contributed by atoms with Gasteiger partial charge in [-0.25, -0.2) is 14.7 Å². The second-order valence-corrected chi connectivity index (χ2v) is 2.33. The van der Waals surface area contributed by atoms with Gasteiger partial charge >= 0.3 is 5.97 Å². The maximum Gasteiger partial charge on any atom is 0.398 e. The van der Waals surface area contributed by atoms with Crippen LogP contribution >= 0.6 is 11.3 Å². The van der Waals surface area contributed by atoms with Crippen LogP contribution in [0, 0.1) is 0 Å². The third-order valence-corrected chi connectivity index (χ3v) is 1.48. The summed E-state index contributed by atoms with van der Waals surface area (Å²) in [5, 5.41) is 1.53. The van der Waals surface area contributed by atoms with Crippen molar-refractivity contribution in [2.45, 2.75) is 0 Å². The number of hydrogen-bond donors (Lipinski definition) is 1. The van der Waals surface area contributed by atoms with Crippen molar-refractivity contribution in [3.05, 3.63) is 11.1 Å². The average molecular weight is 162 g/mol. The van der Waals surface area contributed by atoms with E-state index in [1.54, 1.807) is 0 Å². The first kappa shape index (κ1) is 6.94. The maximum absolute atomic E-state index is 11.2. The minimum absolute atomic E-state index is 0.106. The molecule has 10 heavy (non-hydrogen) atoms. The van der Waals surface area contributed by atoms with E-state index in [-0.39, 0.29) is 10.8 Å². The Morgan fingerprint density at radius 2 is 2.60 bits per heavy atom. The largest absolute Gasteiger partial charge is 0.398 e. The first-order valence-corrected chi connectivity index (χ1v) is 3.16. The van der Waals surface area contributed by atoms with Crippen LogP contribution in [-0.2, 0) is 4.94 Å². The summed E-state index contributed by atoms with van der Waals surface area (Å²) >= 11 is 1.05. The van der Waals surface area contributed by atoms with Crippen LogP contribution in [-0.4, -0.2) is 11.0 Å². The Bertz CT molecular complexity index is 249. The number of nitrogens with zero attached hydrogens (tertiary/aromatic N) is 1. The lowest BCUT2D eigenvalue weighted by atomic mass is 10.5. The van der Waals surface area contributed by atoms with Gasteiger partial charge in [-0.05, 0) is 0 Å². The summed E-state index contributed by atoms with van der Waals surface area (Å²) in [6.07, 6.45) is 0. The fraction of sp³-hybridized carbons (Fsp3) is 0. The first-order chi connectivity index (χ1) is 4.74. The zero-order chi connectivity index (χ0) is 7.56. The Labute approximate surface area is 59.3 Å². The normalized spacial score (nSPS) is 9.30. The third kappa shape index (κ3) is 1.21. The lowest BCUT2D eigenvalue weighted by Gasteiger charge is -1.83. The molecule has 1 aromatic heterocycles. The van der Waals surface area contributed by atoms with Gasteiger partial charge in [-0.1, -0.05) is 0 Å². The van der Waals surface area contributed by atoms with Crippen LogP contribution in [0.1, 0.15) is 10.5 Å². The maximum atomic E-state index is 11.2. The predicted molar refractivity (Wildman–Crippen MR) is 33.0 cm³/mol. The van der Waals surface area contributed by atoms with E-state index in [2.05, 4.69) is 9.93 Å². The van der Waals surface area contributed by atoms with Crippen LogP contribution in [0.5, 0.6) is 0 Å². The molecule has 0 aliphatic carbocycles. The smallest absolute Gasteiger partial charge is 0.375 e. The van der Waals surface area contributed by atoms with E-state index >= 15 is 0 Å². The highest BCUT2D eigenvalue weighted by Gasteiger charge is 2.10. The first-order valence-electron chi connectivity index (χ1n) is 2.28. The Morgan fingerprint density at radius 1 is 1.90 bits per heavy atom. The Kier molecular flexibility index (Phi) is 1.81. The molecule has 0 saturated carbocycles. The topological polar surface area (TPSA) is 65.2 Å². The molecule has 0 spiro atoms. The van der Waals surface area contributed by atoms with Crippen LogP contribution < -0.4 is 5.73 Å². The van der Waals surface area contributed by atoms with E-state index in [1.807, 2.05) is 0 Å². The summed E-state index contributed by atoms with van der Waals surface area (Å²) in [6, 6.07) is 0. The molecule has 0 fully saturated rings.